The molecule has 1 aromatic carbocycles. The maximum absolute atomic E-state index is 14.4. The highest BCUT2D eigenvalue weighted by Gasteiger charge is 2.37. The average Bonchev–Trinajstić information content (AvgIpc) is 1.73. The molecule has 2 heterocycles. The predicted molar refractivity (Wildman–Crippen MR) is 348 cm³/mol. The molecule has 0 radical (unpaired) electrons. The zero-order valence-electron chi connectivity index (χ0n) is 53.8. The van der Waals surface area contributed by atoms with Crippen LogP contribution in [0.5, 0.6) is 5.75 Å². The molecule has 524 valence electrons. The van der Waals surface area contributed by atoms with Gasteiger partial charge >= 0.3 is 5.97 Å². The van der Waals surface area contributed by atoms with Crippen LogP contribution >= 0.6 is 21.6 Å². The van der Waals surface area contributed by atoms with E-state index in [4.69, 9.17) is 17.2 Å². The topological polar surface area (TPSA) is 538 Å². The number of carboxylic acid groups (broad SMARTS) is 1. The van der Waals surface area contributed by atoms with Gasteiger partial charge in [0.05, 0.1) is 32.2 Å². The van der Waals surface area contributed by atoms with Crippen molar-refractivity contribution in [1.29, 1.82) is 0 Å². The van der Waals surface area contributed by atoms with E-state index >= 15 is 0 Å². The first-order valence-electron chi connectivity index (χ1n) is 31.1. The Bertz CT molecular complexity index is 2810. The summed E-state index contributed by atoms with van der Waals surface area (Å²) in [5.74, 6) is -14.3. The van der Waals surface area contributed by atoms with E-state index in [0.29, 0.717) is 50.6 Å². The number of benzene rings is 1. The minimum Gasteiger partial charge on any atom is -0.508 e. The normalized spacial score (nSPS) is 24.8. The van der Waals surface area contributed by atoms with Gasteiger partial charge in [0.25, 0.3) is 0 Å². The van der Waals surface area contributed by atoms with Crippen LogP contribution in [0.3, 0.4) is 0 Å². The second-order valence-corrected chi connectivity index (χ2v) is 25.3. The predicted octanol–water partition coefficient (Wildman–Crippen LogP) is -5.69. The molecular formula is C58H94N18O16S2. The van der Waals surface area contributed by atoms with E-state index in [1.165, 1.54) is 38.1 Å². The number of carboxylic acids is 1. The number of unbranched alkanes of at least 4 members (excludes halogenated alkanes) is 1. The summed E-state index contributed by atoms with van der Waals surface area (Å²) in [7, 11) is 1.89. The lowest BCUT2D eigenvalue weighted by Crippen LogP contribution is -2.61. The van der Waals surface area contributed by atoms with Crippen molar-refractivity contribution >= 4 is 110 Å². The van der Waals surface area contributed by atoms with Crippen LogP contribution < -0.4 is 91.6 Å². The summed E-state index contributed by atoms with van der Waals surface area (Å²) < 4.78 is 0. The van der Waals surface area contributed by atoms with Crippen LogP contribution in [0.2, 0.25) is 0 Å². The van der Waals surface area contributed by atoms with Crippen LogP contribution in [0.15, 0.2) is 29.3 Å². The molecule has 3 rings (SSSR count). The second-order valence-electron chi connectivity index (χ2n) is 22.8. The third-order valence-electron chi connectivity index (χ3n) is 15.2. The highest BCUT2D eigenvalue weighted by atomic mass is 33.1. The summed E-state index contributed by atoms with van der Waals surface area (Å²) in [6, 6.07) is -7.40. The Balaban J connectivity index is 2.07. The molecule has 22 N–H and O–H groups in total. The molecule has 94 heavy (non-hydrogen) atoms. The molecule has 2 saturated heterocycles. The molecule has 0 unspecified atom stereocenters. The Hall–Kier alpha value is -8.51. The largest absolute Gasteiger partial charge is 0.508 e. The molecule has 0 saturated carbocycles. The average molecular weight is 1360 g/mol. The van der Waals surface area contributed by atoms with Crippen molar-refractivity contribution in [1.82, 2.24) is 74.4 Å². The highest BCUT2D eigenvalue weighted by molar-refractivity contribution is 8.76. The molecule has 1 aromatic rings. The first-order chi connectivity index (χ1) is 44.6. The van der Waals surface area contributed by atoms with E-state index in [1.54, 1.807) is 27.7 Å². The van der Waals surface area contributed by atoms with Gasteiger partial charge in [-0.2, -0.15) is 0 Å². The standard InChI is InChI=1S/C58H94N18O16S2/c1-7-30(3)46-55(89)67-25-43(79)64-26-44(80)70-39(23-34-16-18-35(77)19-17-34)49(83)66-24-42(78)65-27-45(81)71-40(53(87)69-33(6)57(91)92)28-93-94-29-41(74-50(84)36-14-11-21-62-36)54(88)73-37(13-9-10-20-59)51(85)68-32(5)48(82)72-38(15-12-22-63-58(60)61)52(86)75-47(31(4)8-2)56(90)76-46/h16-19,30-33,36-41,46-47,62,77H,7-15,20-29,59H2,1-6H3,(H,64,79)(H,65,78)(H,66,83)(H,67,89)(H,68,85)(H,69,87)(H,70,80)(H,71,81)(H,72,82)(H,73,88)(H,74,84)(H,75,86)(H,76,90)(H,91,92)(H4,60,61,63)/t30-,31-,32-,33-,36-,37-,38-,39-,40-,41-,46-,47-/m0/s1. The molecule has 0 aliphatic carbocycles. The molecule has 2 aliphatic rings. The maximum atomic E-state index is 14.4. The number of hydrogen-bond donors (Lipinski definition) is 19. The number of aromatic hydroxyl groups is 1. The van der Waals surface area contributed by atoms with Gasteiger partial charge in [0.1, 0.15) is 60.1 Å². The Labute approximate surface area is 553 Å². The van der Waals surface area contributed by atoms with E-state index in [9.17, 15) is 77.3 Å². The first kappa shape index (κ1) is 79.7. The van der Waals surface area contributed by atoms with Crippen molar-refractivity contribution in [2.24, 2.45) is 34.0 Å². The number of carbonyl (C=O) groups excluding carboxylic acids is 13. The molecule has 2 aliphatic heterocycles. The molecular weight excluding hydrogens is 1270 g/mol. The van der Waals surface area contributed by atoms with Gasteiger partial charge in [0, 0.05) is 24.5 Å². The van der Waals surface area contributed by atoms with Crippen molar-refractivity contribution in [2.75, 3.05) is 57.3 Å². The number of hydrogen-bond acceptors (Lipinski definition) is 20. The van der Waals surface area contributed by atoms with Gasteiger partial charge in [0.15, 0.2) is 5.96 Å². The highest BCUT2D eigenvalue weighted by Crippen LogP contribution is 2.24. The van der Waals surface area contributed by atoms with Crippen molar-refractivity contribution in [3.8, 4) is 5.75 Å². The third-order valence-corrected chi connectivity index (χ3v) is 17.6. The lowest BCUT2D eigenvalue weighted by atomic mass is 9.94. The molecule has 0 bridgehead atoms. The fourth-order valence-corrected chi connectivity index (χ4v) is 11.5. The molecule has 0 aromatic heterocycles. The summed E-state index contributed by atoms with van der Waals surface area (Å²) in [6.45, 7) is 7.19. The number of nitrogens with two attached hydrogens (primary N) is 3. The summed E-state index contributed by atoms with van der Waals surface area (Å²) in [4.78, 5) is 194. The number of guanidine groups is 1. The minimum atomic E-state index is -1.47. The number of rotatable bonds is 19. The van der Waals surface area contributed by atoms with Gasteiger partial charge in [0.2, 0.25) is 76.8 Å². The lowest BCUT2D eigenvalue weighted by Gasteiger charge is -2.30. The fourth-order valence-electron chi connectivity index (χ4n) is 9.16. The molecule has 34 nitrogen and oxygen atoms in total. The summed E-state index contributed by atoms with van der Waals surface area (Å²) in [5, 5.41) is 55.1. The van der Waals surface area contributed by atoms with E-state index in [0.717, 1.165) is 21.6 Å². The van der Waals surface area contributed by atoms with E-state index in [1.807, 2.05) is 0 Å². The molecule has 2 fully saturated rings. The van der Waals surface area contributed by atoms with Crippen molar-refractivity contribution in [3.05, 3.63) is 29.8 Å². The van der Waals surface area contributed by atoms with Gasteiger partial charge in [-0.25, -0.2) is 0 Å². The zero-order chi connectivity index (χ0) is 70.0. The van der Waals surface area contributed by atoms with Crippen LogP contribution in [0.1, 0.15) is 105 Å². The monoisotopic (exact) mass is 1360 g/mol. The van der Waals surface area contributed by atoms with Crippen molar-refractivity contribution in [2.45, 2.75) is 166 Å². The molecule has 12 atom stereocenters. The smallest absolute Gasteiger partial charge is 0.325 e. The number of phenols is 1. The van der Waals surface area contributed by atoms with Gasteiger partial charge in [-0.05, 0) is 101 Å². The number of nitrogens with one attached hydrogen (secondary N) is 14. The van der Waals surface area contributed by atoms with Crippen LogP contribution in [0.25, 0.3) is 0 Å². The van der Waals surface area contributed by atoms with Gasteiger partial charge in [-0.15, -0.1) is 0 Å². The van der Waals surface area contributed by atoms with Crippen LogP contribution in [0.4, 0.5) is 0 Å². The van der Waals surface area contributed by atoms with E-state index in [-0.39, 0.29) is 62.0 Å². The van der Waals surface area contributed by atoms with Crippen molar-refractivity contribution < 1.29 is 77.3 Å². The minimum absolute atomic E-state index is 0.00214. The molecule has 36 heteroatoms. The van der Waals surface area contributed by atoms with Gasteiger partial charge < -0.3 is 102 Å². The van der Waals surface area contributed by atoms with Gasteiger partial charge in [-0.3, -0.25) is 72.1 Å². The molecule has 13 amide bonds. The second kappa shape index (κ2) is 41.9. The third kappa shape index (κ3) is 29.2. The van der Waals surface area contributed by atoms with E-state index < -0.39 is 181 Å². The lowest BCUT2D eigenvalue weighted by molar-refractivity contribution is -0.141. The van der Waals surface area contributed by atoms with E-state index in [2.05, 4.69) is 79.4 Å². The number of amides is 13. The van der Waals surface area contributed by atoms with Crippen LogP contribution in [-0.4, -0.2) is 217 Å². The fraction of sp³-hybridized carbons (Fsp3) is 0.638. The maximum Gasteiger partial charge on any atom is 0.325 e. The zero-order valence-corrected chi connectivity index (χ0v) is 55.4. The number of phenolic OH excluding ortho intramolecular Hbond substituents is 1. The number of nitrogens with zero attached hydrogens (tertiary/aromatic N) is 1. The number of aliphatic imine (C=N–C) groups is 1. The Morgan fingerprint density at radius 2 is 1.15 bits per heavy atom. The first-order valence-corrected chi connectivity index (χ1v) is 33.6. The summed E-state index contributed by atoms with van der Waals surface area (Å²) >= 11 is 0. The van der Waals surface area contributed by atoms with Gasteiger partial charge in [-0.1, -0.05) is 74.3 Å². The van der Waals surface area contributed by atoms with Crippen LogP contribution in [0, 0.1) is 11.8 Å². The number of carbonyl (C=O) groups is 14. The summed E-state index contributed by atoms with van der Waals surface area (Å²) in [5.41, 5.74) is 17.3. The summed E-state index contributed by atoms with van der Waals surface area (Å²) in [6.07, 6.45) is 2.37. The Kier molecular flexibility index (Phi) is 35.6. The SMILES string of the molecule is CC[C@H](C)[C@@H]1NC(=O)[C@H](CCCN=C(N)N)NC(=O)[C@H](C)NC(=O)[C@H](CCCCN)NC(=O)[C@@H](NC(=O)[C@@H]2CCCN2)CSSC[C@@H](C(=O)N[C@@H](C)C(=O)O)NC(=O)CNC(=O)CNC(=O)[C@H](Cc2ccc(O)cc2)NC(=O)CNC(=O)CNC(=O)[C@H]([C@@H](C)CC)NC1=O. The number of aliphatic carboxylic acids is 1. The Morgan fingerprint density at radius 1 is 0.606 bits per heavy atom. The van der Waals surface area contributed by atoms with Crippen LogP contribution in [-0.2, 0) is 73.5 Å². The Morgan fingerprint density at radius 3 is 1.72 bits per heavy atom. The van der Waals surface area contributed by atoms with Crippen molar-refractivity contribution in [3.63, 3.8) is 0 Å². The molecule has 0 spiro atoms. The quantitative estimate of drug-likeness (QED) is 0.0266.